The summed E-state index contributed by atoms with van der Waals surface area (Å²) in [6.45, 7) is 2.84. The number of nitrogens with zero attached hydrogens (tertiary/aromatic N) is 3. The minimum Gasteiger partial charge on any atom is -0.497 e. The Kier molecular flexibility index (Phi) is 5.52. The van der Waals surface area contributed by atoms with Crippen LogP contribution in [-0.4, -0.2) is 81.9 Å². The summed E-state index contributed by atoms with van der Waals surface area (Å²) in [6, 6.07) is 6.10. The molecule has 9 heteroatoms. The summed E-state index contributed by atoms with van der Waals surface area (Å²) in [4.78, 5) is 16.9. The Morgan fingerprint density at radius 1 is 1.19 bits per heavy atom. The van der Waals surface area contributed by atoms with Crippen LogP contribution in [0.2, 0.25) is 0 Å². The zero-order chi connectivity index (χ0) is 18.9. The van der Waals surface area contributed by atoms with Crippen molar-refractivity contribution in [3.05, 3.63) is 29.8 Å². The van der Waals surface area contributed by atoms with E-state index in [9.17, 15) is 13.2 Å². The van der Waals surface area contributed by atoms with Gasteiger partial charge in [0.15, 0.2) is 0 Å². The van der Waals surface area contributed by atoms with Crippen LogP contribution in [-0.2, 0) is 15.0 Å². The third-order valence-electron chi connectivity index (χ3n) is 5.16. The Balaban J connectivity index is 1.83. The van der Waals surface area contributed by atoms with Crippen molar-refractivity contribution in [3.63, 3.8) is 0 Å². The van der Waals surface area contributed by atoms with E-state index < -0.39 is 22.3 Å². The van der Waals surface area contributed by atoms with Gasteiger partial charge in [0.2, 0.25) is 5.91 Å². The van der Waals surface area contributed by atoms with Crippen molar-refractivity contribution in [2.75, 3.05) is 47.4 Å². The van der Waals surface area contributed by atoms with Gasteiger partial charge in [0.1, 0.15) is 11.8 Å². The van der Waals surface area contributed by atoms with Crippen LogP contribution in [0.5, 0.6) is 5.75 Å². The number of likely N-dealkylation sites (N-methyl/N-ethyl adjacent to an activating group) is 2. The largest absolute Gasteiger partial charge is 0.497 e. The predicted octanol–water partition coefficient (Wildman–Crippen LogP) is 0.0488. The van der Waals surface area contributed by atoms with Gasteiger partial charge < -0.3 is 14.5 Å². The second-order valence-electron chi connectivity index (χ2n) is 6.85. The van der Waals surface area contributed by atoms with E-state index in [0.29, 0.717) is 25.3 Å². The molecule has 0 saturated carbocycles. The monoisotopic (exact) mass is 382 g/mol. The van der Waals surface area contributed by atoms with Crippen LogP contribution in [0.3, 0.4) is 0 Å². The molecular formula is C17H26N4O4S. The highest BCUT2D eigenvalue weighted by molar-refractivity contribution is 7.87. The molecule has 144 valence electrons. The first kappa shape index (κ1) is 19.1. The molecule has 0 aliphatic carbocycles. The minimum absolute atomic E-state index is 0.126. The van der Waals surface area contributed by atoms with Crippen molar-refractivity contribution in [2.45, 2.75) is 18.5 Å². The maximum Gasteiger partial charge on any atom is 0.280 e. The van der Waals surface area contributed by atoms with E-state index in [1.165, 1.54) is 7.05 Å². The molecule has 0 aromatic heterocycles. The Morgan fingerprint density at radius 2 is 1.88 bits per heavy atom. The van der Waals surface area contributed by atoms with Crippen LogP contribution < -0.4 is 9.46 Å². The highest BCUT2D eigenvalue weighted by Crippen LogP contribution is 2.30. The third-order valence-corrected chi connectivity index (χ3v) is 6.76. The average Bonchev–Trinajstić information content (AvgIpc) is 2.64. The van der Waals surface area contributed by atoms with E-state index in [1.54, 1.807) is 24.1 Å². The lowest BCUT2D eigenvalue weighted by molar-refractivity contribution is -0.137. The highest BCUT2D eigenvalue weighted by atomic mass is 32.2. The van der Waals surface area contributed by atoms with Gasteiger partial charge in [-0.2, -0.15) is 17.4 Å². The van der Waals surface area contributed by atoms with Gasteiger partial charge in [-0.15, -0.1) is 0 Å². The number of rotatable bonds is 3. The van der Waals surface area contributed by atoms with E-state index in [-0.39, 0.29) is 5.91 Å². The minimum atomic E-state index is -3.74. The fourth-order valence-corrected chi connectivity index (χ4v) is 4.68. The summed E-state index contributed by atoms with van der Waals surface area (Å²) in [7, 11) is 1.31. The maximum atomic E-state index is 13.0. The number of ether oxygens (including phenoxy) is 1. The van der Waals surface area contributed by atoms with Crippen LogP contribution >= 0.6 is 0 Å². The molecule has 1 aromatic rings. The zero-order valence-electron chi connectivity index (χ0n) is 15.4. The quantitative estimate of drug-likeness (QED) is 0.799. The number of amides is 1. The summed E-state index contributed by atoms with van der Waals surface area (Å²) < 4.78 is 34.2. The van der Waals surface area contributed by atoms with Crippen LogP contribution in [0.25, 0.3) is 0 Å². The maximum absolute atomic E-state index is 13.0. The topological polar surface area (TPSA) is 82.2 Å². The van der Waals surface area contributed by atoms with Gasteiger partial charge >= 0.3 is 0 Å². The normalized spacial score (nSPS) is 27.3. The van der Waals surface area contributed by atoms with E-state index >= 15 is 0 Å². The standard InChI is InChI=1S/C17H26N4O4S/c1-19-7-9-21(10-8-19)17(22)16-12-15(18-26(23,24)20(16)2)13-5-4-6-14(11-13)25-3/h4-6,11,15-16,18H,7-10,12H2,1-3H3/t15-,16+/m0/s1. The Bertz CT molecular complexity index is 762. The molecule has 8 nitrogen and oxygen atoms in total. The summed E-state index contributed by atoms with van der Waals surface area (Å²) in [6.07, 6.45) is 0.383. The highest BCUT2D eigenvalue weighted by Gasteiger charge is 2.42. The SMILES string of the molecule is COc1cccc([C@@H]2C[C@H](C(=O)N3CCN(C)CC3)N(C)S(=O)(=O)N2)c1. The van der Waals surface area contributed by atoms with Crippen LogP contribution in [0.15, 0.2) is 24.3 Å². The molecule has 1 N–H and O–H groups in total. The van der Waals surface area contributed by atoms with Crippen molar-refractivity contribution in [1.82, 2.24) is 18.8 Å². The summed E-state index contributed by atoms with van der Waals surface area (Å²) in [5.74, 6) is 0.529. The first-order chi connectivity index (χ1) is 12.3. The molecule has 2 fully saturated rings. The smallest absolute Gasteiger partial charge is 0.280 e. The number of carbonyl (C=O) groups excluding carboxylic acids is 1. The second kappa shape index (κ2) is 7.51. The predicted molar refractivity (Wildman–Crippen MR) is 98.0 cm³/mol. The molecule has 0 radical (unpaired) electrons. The summed E-state index contributed by atoms with van der Waals surface area (Å²) >= 11 is 0. The molecule has 0 bridgehead atoms. The Hall–Kier alpha value is -1.68. The average molecular weight is 382 g/mol. The lowest BCUT2D eigenvalue weighted by Crippen LogP contribution is -2.59. The molecule has 2 heterocycles. The molecule has 1 aromatic carbocycles. The molecule has 26 heavy (non-hydrogen) atoms. The van der Waals surface area contributed by atoms with Gasteiger partial charge in [-0.1, -0.05) is 12.1 Å². The van der Waals surface area contributed by atoms with E-state index in [1.807, 2.05) is 19.2 Å². The van der Waals surface area contributed by atoms with Crippen LogP contribution in [0.4, 0.5) is 0 Å². The molecular weight excluding hydrogens is 356 g/mol. The van der Waals surface area contributed by atoms with Gasteiger partial charge in [0.25, 0.3) is 10.2 Å². The number of piperazine rings is 1. The molecule has 0 spiro atoms. The van der Waals surface area contributed by atoms with E-state index in [4.69, 9.17) is 4.74 Å². The number of hydrogen-bond donors (Lipinski definition) is 1. The lowest BCUT2D eigenvalue weighted by Gasteiger charge is -2.40. The van der Waals surface area contributed by atoms with E-state index in [2.05, 4.69) is 9.62 Å². The first-order valence-corrected chi connectivity index (χ1v) is 10.1. The number of methoxy groups -OCH3 is 1. The molecule has 1 amide bonds. The summed E-state index contributed by atoms with van der Waals surface area (Å²) in [5, 5.41) is 0. The van der Waals surface area contributed by atoms with Crippen LogP contribution in [0.1, 0.15) is 18.0 Å². The molecule has 2 aliphatic rings. The van der Waals surface area contributed by atoms with Crippen LogP contribution in [0, 0.1) is 0 Å². The first-order valence-electron chi connectivity index (χ1n) is 8.68. The lowest BCUT2D eigenvalue weighted by atomic mass is 9.98. The molecule has 2 aliphatic heterocycles. The molecule has 0 unspecified atom stereocenters. The fourth-order valence-electron chi connectivity index (χ4n) is 3.41. The van der Waals surface area contributed by atoms with Gasteiger partial charge in [0.05, 0.1) is 13.2 Å². The Morgan fingerprint density at radius 3 is 2.54 bits per heavy atom. The number of benzene rings is 1. The van der Waals surface area contributed by atoms with Gasteiger partial charge in [0, 0.05) is 33.2 Å². The molecule has 2 saturated heterocycles. The van der Waals surface area contributed by atoms with Crippen molar-refractivity contribution in [1.29, 1.82) is 0 Å². The number of nitrogens with one attached hydrogen (secondary N) is 1. The van der Waals surface area contributed by atoms with Crippen molar-refractivity contribution < 1.29 is 17.9 Å². The number of carbonyl (C=O) groups is 1. The molecule has 2 atom stereocenters. The van der Waals surface area contributed by atoms with Crippen molar-refractivity contribution in [3.8, 4) is 5.75 Å². The van der Waals surface area contributed by atoms with Crippen molar-refractivity contribution >= 4 is 16.1 Å². The summed E-state index contributed by atoms with van der Waals surface area (Å²) in [5.41, 5.74) is 0.789. The number of hydrogen-bond acceptors (Lipinski definition) is 5. The second-order valence-corrected chi connectivity index (χ2v) is 8.61. The van der Waals surface area contributed by atoms with Crippen molar-refractivity contribution in [2.24, 2.45) is 0 Å². The zero-order valence-corrected chi connectivity index (χ0v) is 16.2. The van der Waals surface area contributed by atoms with Gasteiger partial charge in [-0.25, -0.2) is 0 Å². The van der Waals surface area contributed by atoms with Gasteiger partial charge in [-0.3, -0.25) is 4.79 Å². The molecule has 3 rings (SSSR count). The Labute approximate surface area is 154 Å². The third kappa shape index (κ3) is 3.85. The fraction of sp³-hybridized carbons (Fsp3) is 0.588. The van der Waals surface area contributed by atoms with Gasteiger partial charge in [-0.05, 0) is 31.2 Å². The van der Waals surface area contributed by atoms with E-state index in [0.717, 1.165) is 23.0 Å².